The van der Waals surface area contributed by atoms with E-state index in [0.717, 1.165) is 10.5 Å². The van der Waals surface area contributed by atoms with Crippen molar-refractivity contribution in [2.45, 2.75) is 17.1 Å². The molecule has 0 spiro atoms. The number of nitrogens with one attached hydrogen (secondary N) is 2. The number of amides is 2. The number of rotatable bonds is 8. The van der Waals surface area contributed by atoms with Crippen LogP contribution in [0.25, 0.3) is 5.69 Å². The van der Waals surface area contributed by atoms with E-state index >= 15 is 0 Å². The molecule has 1 heterocycles. The second kappa shape index (κ2) is 12.1. The maximum absolute atomic E-state index is 13.7. The maximum Gasteiger partial charge on any atom is 0.295 e. The Hall–Kier alpha value is -4.89. The lowest BCUT2D eigenvalue weighted by molar-refractivity contribution is -0.115. The molecule has 0 saturated carbocycles. The zero-order chi connectivity index (χ0) is 28.9. The molecule has 4 aromatic carbocycles. The van der Waals surface area contributed by atoms with Gasteiger partial charge in [0.15, 0.2) is 0 Å². The third-order valence-corrected chi connectivity index (χ3v) is 7.88. The van der Waals surface area contributed by atoms with Gasteiger partial charge in [-0.25, -0.2) is 9.07 Å². The summed E-state index contributed by atoms with van der Waals surface area (Å²) in [4.78, 5) is 40.4. The van der Waals surface area contributed by atoms with Crippen molar-refractivity contribution in [2.75, 3.05) is 10.6 Å². The van der Waals surface area contributed by atoms with Gasteiger partial charge in [-0.15, -0.1) is 11.8 Å². The van der Waals surface area contributed by atoms with Crippen LogP contribution in [0, 0.1) is 12.7 Å². The predicted octanol–water partition coefficient (Wildman–Crippen LogP) is 6.35. The summed E-state index contributed by atoms with van der Waals surface area (Å²) in [5.74, 6) is -1.10. The van der Waals surface area contributed by atoms with Gasteiger partial charge in [0.25, 0.3) is 11.5 Å². The Morgan fingerprint density at radius 2 is 1.41 bits per heavy atom. The van der Waals surface area contributed by atoms with E-state index in [4.69, 9.17) is 0 Å². The molecule has 1 aromatic heterocycles. The van der Waals surface area contributed by atoms with Crippen LogP contribution >= 0.6 is 11.8 Å². The molecule has 206 valence electrons. The average molecular weight is 567 g/mol. The summed E-state index contributed by atoms with van der Waals surface area (Å²) in [5, 5.41) is 5.03. The second-order valence-corrected chi connectivity index (χ2v) is 10.5. The van der Waals surface area contributed by atoms with Crippen molar-refractivity contribution in [3.63, 3.8) is 0 Å². The zero-order valence-corrected chi connectivity index (χ0v) is 23.2. The Kier molecular flexibility index (Phi) is 8.16. The molecule has 1 atom stereocenters. The standard InChI is InChI=1S/C32H27FN4O3S/c1-21-28(32(40)37(36(21)2)26-11-7-4-8-12-26)35-31(39)29(22-9-5-3-6-10-22)41-27-19-17-25(18-20-27)34-30(38)23-13-15-24(33)16-14-23/h3-20,29H,1-2H3,(H,34,38)(H,35,39). The first-order valence-electron chi connectivity index (χ1n) is 12.9. The van der Waals surface area contributed by atoms with Crippen molar-refractivity contribution in [2.24, 2.45) is 7.05 Å². The lowest BCUT2D eigenvalue weighted by Crippen LogP contribution is -2.25. The van der Waals surface area contributed by atoms with Gasteiger partial charge in [0.1, 0.15) is 16.8 Å². The van der Waals surface area contributed by atoms with Crippen LogP contribution in [0.2, 0.25) is 0 Å². The van der Waals surface area contributed by atoms with E-state index in [-0.39, 0.29) is 23.1 Å². The summed E-state index contributed by atoms with van der Waals surface area (Å²) in [5.41, 5.74) is 2.92. The van der Waals surface area contributed by atoms with Gasteiger partial charge in [-0.2, -0.15) is 0 Å². The normalized spacial score (nSPS) is 11.6. The van der Waals surface area contributed by atoms with Gasteiger partial charge in [0.2, 0.25) is 5.91 Å². The topological polar surface area (TPSA) is 85.1 Å². The number of benzene rings is 4. The number of thioether (sulfide) groups is 1. The van der Waals surface area contributed by atoms with E-state index in [1.165, 1.54) is 40.7 Å². The van der Waals surface area contributed by atoms with Gasteiger partial charge in [-0.3, -0.25) is 19.1 Å². The van der Waals surface area contributed by atoms with Gasteiger partial charge in [-0.05, 0) is 73.2 Å². The molecule has 0 fully saturated rings. The van der Waals surface area contributed by atoms with Crippen molar-refractivity contribution in [3.8, 4) is 5.69 Å². The molecule has 0 aliphatic carbocycles. The Labute approximate surface area is 240 Å². The molecule has 0 radical (unpaired) electrons. The minimum atomic E-state index is -0.653. The van der Waals surface area contributed by atoms with E-state index in [0.29, 0.717) is 22.6 Å². The number of halogens is 1. The fourth-order valence-electron chi connectivity index (χ4n) is 4.36. The number of hydrogen-bond acceptors (Lipinski definition) is 4. The molecule has 1 unspecified atom stereocenters. The summed E-state index contributed by atoms with van der Waals surface area (Å²) < 4.78 is 16.4. The number of carbonyl (C=O) groups excluding carboxylic acids is 2. The van der Waals surface area contributed by atoms with E-state index < -0.39 is 11.1 Å². The SMILES string of the molecule is Cc1c(NC(=O)C(Sc2ccc(NC(=O)c3ccc(F)cc3)cc2)c2ccccc2)c(=O)n(-c2ccccc2)n1C. The van der Waals surface area contributed by atoms with Gasteiger partial charge in [0.05, 0.1) is 11.4 Å². The molecule has 5 aromatic rings. The fourth-order valence-corrected chi connectivity index (χ4v) is 5.38. The Balaban J connectivity index is 1.36. The van der Waals surface area contributed by atoms with E-state index in [2.05, 4.69) is 10.6 Å². The molecule has 9 heteroatoms. The largest absolute Gasteiger partial charge is 0.322 e. The molecular weight excluding hydrogens is 539 g/mol. The summed E-state index contributed by atoms with van der Waals surface area (Å²) in [7, 11) is 1.78. The van der Waals surface area contributed by atoms with Crippen LogP contribution in [0.3, 0.4) is 0 Å². The molecule has 0 aliphatic rings. The molecule has 7 nitrogen and oxygen atoms in total. The van der Waals surface area contributed by atoms with Crippen molar-refractivity contribution < 1.29 is 14.0 Å². The monoisotopic (exact) mass is 566 g/mol. The number of anilines is 2. The van der Waals surface area contributed by atoms with Gasteiger partial charge >= 0.3 is 0 Å². The van der Waals surface area contributed by atoms with Crippen LogP contribution < -0.4 is 16.2 Å². The number of nitrogens with zero attached hydrogens (tertiary/aromatic N) is 2. The quantitative estimate of drug-likeness (QED) is 0.215. The summed E-state index contributed by atoms with van der Waals surface area (Å²) in [6.45, 7) is 1.79. The highest BCUT2D eigenvalue weighted by molar-refractivity contribution is 8.00. The highest BCUT2D eigenvalue weighted by Crippen LogP contribution is 2.37. The van der Waals surface area contributed by atoms with Gasteiger partial charge < -0.3 is 10.6 Å². The Bertz CT molecular complexity index is 1730. The first-order chi connectivity index (χ1) is 19.8. The van der Waals surface area contributed by atoms with E-state index in [1.807, 2.05) is 72.8 Å². The molecule has 41 heavy (non-hydrogen) atoms. The van der Waals surface area contributed by atoms with Crippen molar-refractivity contribution >= 4 is 35.0 Å². The van der Waals surface area contributed by atoms with Crippen LogP contribution in [0.5, 0.6) is 0 Å². The van der Waals surface area contributed by atoms with Crippen LogP contribution in [0.4, 0.5) is 15.8 Å². The average Bonchev–Trinajstić information content (AvgIpc) is 3.20. The van der Waals surface area contributed by atoms with Crippen LogP contribution in [0.1, 0.15) is 26.9 Å². The van der Waals surface area contributed by atoms with Gasteiger partial charge in [-0.1, -0.05) is 48.5 Å². The molecule has 5 rings (SSSR count). The lowest BCUT2D eigenvalue weighted by Gasteiger charge is -2.17. The molecule has 0 saturated heterocycles. The number of carbonyl (C=O) groups is 2. The first-order valence-corrected chi connectivity index (χ1v) is 13.7. The Morgan fingerprint density at radius 1 is 0.805 bits per heavy atom. The lowest BCUT2D eigenvalue weighted by atomic mass is 10.1. The third-order valence-electron chi connectivity index (χ3n) is 6.62. The van der Waals surface area contributed by atoms with Crippen LogP contribution in [-0.4, -0.2) is 21.2 Å². The van der Waals surface area contributed by atoms with Crippen molar-refractivity contribution in [3.05, 3.63) is 142 Å². The minimum absolute atomic E-state index is 0.224. The first kappa shape index (κ1) is 27.7. The second-order valence-electron chi connectivity index (χ2n) is 9.32. The van der Waals surface area contributed by atoms with Crippen LogP contribution in [-0.2, 0) is 11.8 Å². The van der Waals surface area contributed by atoms with E-state index in [1.54, 1.807) is 30.8 Å². The molecule has 0 aliphatic heterocycles. The highest BCUT2D eigenvalue weighted by Gasteiger charge is 2.26. The number of para-hydroxylation sites is 1. The molecule has 2 amide bonds. The van der Waals surface area contributed by atoms with E-state index in [9.17, 15) is 18.8 Å². The molecule has 0 bridgehead atoms. The predicted molar refractivity (Wildman–Crippen MR) is 160 cm³/mol. The third kappa shape index (κ3) is 6.15. The summed E-state index contributed by atoms with van der Waals surface area (Å²) in [6.07, 6.45) is 0. The number of aromatic nitrogens is 2. The fraction of sp³-hybridized carbons (Fsp3) is 0.0938. The van der Waals surface area contributed by atoms with Crippen molar-refractivity contribution in [1.82, 2.24) is 9.36 Å². The Morgan fingerprint density at radius 3 is 2.05 bits per heavy atom. The summed E-state index contributed by atoms with van der Waals surface area (Å²) in [6, 6.07) is 31.0. The van der Waals surface area contributed by atoms with Gasteiger partial charge in [0, 0.05) is 23.2 Å². The smallest absolute Gasteiger partial charge is 0.295 e. The molecule has 2 N–H and O–H groups in total. The zero-order valence-electron chi connectivity index (χ0n) is 22.4. The maximum atomic E-state index is 13.7. The van der Waals surface area contributed by atoms with Crippen molar-refractivity contribution in [1.29, 1.82) is 0 Å². The van der Waals surface area contributed by atoms with Crippen LogP contribution in [0.15, 0.2) is 119 Å². The highest BCUT2D eigenvalue weighted by atomic mass is 32.2. The number of hydrogen-bond donors (Lipinski definition) is 2. The molecular formula is C32H27FN4O3S. The summed E-state index contributed by atoms with van der Waals surface area (Å²) >= 11 is 1.33. The minimum Gasteiger partial charge on any atom is -0.322 e.